The number of nitrogens with zero attached hydrogens (tertiary/aromatic N) is 3. The van der Waals surface area contributed by atoms with Gasteiger partial charge in [-0.05, 0) is 19.8 Å². The Morgan fingerprint density at radius 2 is 2.29 bits per heavy atom. The molecule has 2 rings (SSSR count). The van der Waals surface area contributed by atoms with Crippen LogP contribution in [0, 0.1) is 0 Å². The number of aromatic nitrogens is 3. The first-order chi connectivity index (χ1) is 8.26. The molecule has 2 atom stereocenters. The molecule has 1 N–H and O–H groups in total. The molecule has 1 aliphatic rings. The molecule has 0 bridgehead atoms. The van der Waals surface area contributed by atoms with Crippen LogP contribution in [0.4, 0.5) is 0 Å². The summed E-state index contributed by atoms with van der Waals surface area (Å²) in [5.41, 5.74) is 0. The summed E-state index contributed by atoms with van der Waals surface area (Å²) in [4.78, 5) is 0. The van der Waals surface area contributed by atoms with Gasteiger partial charge in [-0.2, -0.15) is 0 Å². The van der Waals surface area contributed by atoms with Gasteiger partial charge in [0, 0.05) is 26.1 Å². The van der Waals surface area contributed by atoms with E-state index in [9.17, 15) is 0 Å². The van der Waals surface area contributed by atoms with Gasteiger partial charge >= 0.3 is 0 Å². The van der Waals surface area contributed by atoms with Crippen molar-refractivity contribution >= 4 is 0 Å². The van der Waals surface area contributed by atoms with Crippen molar-refractivity contribution < 1.29 is 4.74 Å². The molecule has 96 valence electrons. The molecule has 0 aromatic carbocycles. The quantitative estimate of drug-likeness (QED) is 0.811. The third kappa shape index (κ3) is 2.66. The monoisotopic (exact) mass is 238 g/mol. The molecule has 0 spiro atoms. The van der Waals surface area contributed by atoms with E-state index < -0.39 is 0 Å². The van der Waals surface area contributed by atoms with Gasteiger partial charge in [0.15, 0.2) is 0 Å². The summed E-state index contributed by atoms with van der Waals surface area (Å²) in [6, 6.07) is 0.610. The van der Waals surface area contributed by atoms with Gasteiger partial charge in [0.1, 0.15) is 11.6 Å². The summed E-state index contributed by atoms with van der Waals surface area (Å²) in [5, 5.41) is 12.1. The van der Waals surface area contributed by atoms with Gasteiger partial charge < -0.3 is 14.6 Å². The maximum Gasteiger partial charge on any atom is 0.149 e. The Balaban J connectivity index is 2.01. The van der Waals surface area contributed by atoms with E-state index in [1.807, 2.05) is 0 Å². The van der Waals surface area contributed by atoms with Gasteiger partial charge in [0.2, 0.25) is 0 Å². The van der Waals surface area contributed by atoms with Crippen LogP contribution in [0.2, 0.25) is 0 Å². The fourth-order valence-electron chi connectivity index (χ4n) is 2.41. The third-order valence-corrected chi connectivity index (χ3v) is 3.37. The van der Waals surface area contributed by atoms with E-state index in [4.69, 9.17) is 4.74 Å². The standard InChI is InChI=1S/C12H22N4O/c1-4-10(8-17-3)13-9(2)12-15-14-11-6-5-7-16(11)12/h9-10,13H,4-8H2,1-3H3. The Labute approximate surface area is 103 Å². The van der Waals surface area contributed by atoms with Crippen LogP contribution in [0.5, 0.6) is 0 Å². The molecule has 1 aliphatic heterocycles. The molecule has 2 unspecified atom stereocenters. The van der Waals surface area contributed by atoms with Crippen LogP contribution in [-0.2, 0) is 17.7 Å². The van der Waals surface area contributed by atoms with E-state index in [0.29, 0.717) is 6.04 Å². The van der Waals surface area contributed by atoms with Gasteiger partial charge in [-0.3, -0.25) is 0 Å². The van der Waals surface area contributed by atoms with Crippen molar-refractivity contribution in [1.29, 1.82) is 0 Å². The first-order valence-electron chi connectivity index (χ1n) is 6.43. The molecule has 0 amide bonds. The number of fused-ring (bicyclic) bond motifs is 1. The fourth-order valence-corrected chi connectivity index (χ4v) is 2.41. The van der Waals surface area contributed by atoms with Crippen LogP contribution in [0.3, 0.4) is 0 Å². The van der Waals surface area contributed by atoms with Crippen molar-refractivity contribution in [3.05, 3.63) is 11.6 Å². The molecule has 0 fully saturated rings. The van der Waals surface area contributed by atoms with Crippen LogP contribution in [0.25, 0.3) is 0 Å². The topological polar surface area (TPSA) is 52.0 Å². The molecular formula is C12H22N4O. The summed E-state index contributed by atoms with van der Waals surface area (Å²) >= 11 is 0. The SMILES string of the molecule is CCC(COC)NC(C)c1nnc2n1CCC2. The zero-order valence-corrected chi connectivity index (χ0v) is 10.9. The Morgan fingerprint density at radius 1 is 1.47 bits per heavy atom. The molecule has 1 aromatic rings. The van der Waals surface area contributed by atoms with Gasteiger partial charge in [-0.25, -0.2) is 0 Å². The summed E-state index contributed by atoms with van der Waals surface area (Å²) in [6.07, 6.45) is 3.31. The molecule has 0 aliphatic carbocycles. The van der Waals surface area contributed by atoms with E-state index in [2.05, 4.69) is 33.9 Å². The van der Waals surface area contributed by atoms with Crippen molar-refractivity contribution in [3.63, 3.8) is 0 Å². The lowest BCUT2D eigenvalue weighted by Crippen LogP contribution is -2.35. The maximum atomic E-state index is 5.20. The molecule has 17 heavy (non-hydrogen) atoms. The highest BCUT2D eigenvalue weighted by molar-refractivity contribution is 5.04. The predicted octanol–water partition coefficient (Wildman–Crippen LogP) is 1.30. The third-order valence-electron chi connectivity index (χ3n) is 3.37. The van der Waals surface area contributed by atoms with Crippen LogP contribution in [-0.4, -0.2) is 34.5 Å². The smallest absolute Gasteiger partial charge is 0.149 e. The van der Waals surface area contributed by atoms with Gasteiger partial charge in [0.05, 0.1) is 12.6 Å². The molecule has 5 heteroatoms. The van der Waals surface area contributed by atoms with Crippen LogP contribution < -0.4 is 5.32 Å². The lowest BCUT2D eigenvalue weighted by molar-refractivity contribution is 0.158. The maximum absolute atomic E-state index is 5.20. The molecule has 2 heterocycles. The summed E-state index contributed by atoms with van der Waals surface area (Å²) < 4.78 is 7.45. The highest BCUT2D eigenvalue weighted by Crippen LogP contribution is 2.19. The van der Waals surface area contributed by atoms with Crippen molar-refractivity contribution in [2.24, 2.45) is 0 Å². The Morgan fingerprint density at radius 3 is 3.00 bits per heavy atom. The number of aryl methyl sites for hydroxylation is 1. The summed E-state index contributed by atoms with van der Waals surface area (Å²) in [6.45, 7) is 6.11. The van der Waals surface area contributed by atoms with Crippen LogP contribution in [0.1, 0.15) is 44.4 Å². The van der Waals surface area contributed by atoms with Crippen molar-refractivity contribution in [3.8, 4) is 0 Å². The van der Waals surface area contributed by atoms with Gasteiger partial charge in [-0.15, -0.1) is 10.2 Å². The zero-order valence-electron chi connectivity index (χ0n) is 10.9. The number of ether oxygens (including phenoxy) is 1. The van der Waals surface area contributed by atoms with Crippen molar-refractivity contribution in [1.82, 2.24) is 20.1 Å². The molecular weight excluding hydrogens is 216 g/mol. The first kappa shape index (κ1) is 12.5. The highest BCUT2D eigenvalue weighted by Gasteiger charge is 2.22. The van der Waals surface area contributed by atoms with Crippen LogP contribution in [0.15, 0.2) is 0 Å². The Hall–Kier alpha value is -0.940. The lowest BCUT2D eigenvalue weighted by Gasteiger charge is -2.21. The number of nitrogens with one attached hydrogen (secondary N) is 1. The summed E-state index contributed by atoms with van der Waals surface area (Å²) in [5.74, 6) is 2.19. The first-order valence-corrected chi connectivity index (χ1v) is 6.43. The Kier molecular flexibility index (Phi) is 4.12. The largest absolute Gasteiger partial charge is 0.383 e. The van der Waals surface area contributed by atoms with E-state index >= 15 is 0 Å². The molecule has 0 radical (unpaired) electrons. The van der Waals surface area contributed by atoms with E-state index in [0.717, 1.165) is 37.6 Å². The predicted molar refractivity (Wildman–Crippen MR) is 65.8 cm³/mol. The normalized spacial score (nSPS) is 18.1. The van der Waals surface area contributed by atoms with Crippen molar-refractivity contribution in [2.45, 2.75) is 51.7 Å². The van der Waals surface area contributed by atoms with Crippen molar-refractivity contribution in [2.75, 3.05) is 13.7 Å². The minimum atomic E-state index is 0.231. The van der Waals surface area contributed by atoms with E-state index in [1.54, 1.807) is 7.11 Å². The minimum absolute atomic E-state index is 0.231. The van der Waals surface area contributed by atoms with E-state index in [1.165, 1.54) is 6.42 Å². The fraction of sp³-hybridized carbons (Fsp3) is 0.833. The Bertz CT molecular complexity index is 363. The minimum Gasteiger partial charge on any atom is -0.383 e. The second-order valence-corrected chi connectivity index (χ2v) is 4.68. The van der Waals surface area contributed by atoms with Gasteiger partial charge in [0.25, 0.3) is 0 Å². The highest BCUT2D eigenvalue weighted by atomic mass is 16.5. The number of hydrogen-bond acceptors (Lipinski definition) is 4. The molecule has 5 nitrogen and oxygen atoms in total. The lowest BCUT2D eigenvalue weighted by atomic mass is 10.2. The number of rotatable bonds is 6. The molecule has 0 saturated carbocycles. The number of methoxy groups -OCH3 is 1. The molecule has 1 aromatic heterocycles. The van der Waals surface area contributed by atoms with Crippen LogP contribution >= 0.6 is 0 Å². The second-order valence-electron chi connectivity index (χ2n) is 4.68. The average molecular weight is 238 g/mol. The number of hydrogen-bond donors (Lipinski definition) is 1. The van der Waals surface area contributed by atoms with E-state index in [-0.39, 0.29) is 6.04 Å². The summed E-state index contributed by atoms with van der Waals surface area (Å²) in [7, 11) is 1.74. The zero-order chi connectivity index (χ0) is 12.3. The molecule has 0 saturated heterocycles. The average Bonchev–Trinajstić information content (AvgIpc) is 2.89. The second kappa shape index (κ2) is 5.60. The van der Waals surface area contributed by atoms with Gasteiger partial charge in [-0.1, -0.05) is 6.92 Å².